The van der Waals surface area contributed by atoms with Crippen LogP contribution in [0, 0.1) is 0 Å². The van der Waals surface area contributed by atoms with Gasteiger partial charge >= 0.3 is 0 Å². The van der Waals surface area contributed by atoms with E-state index in [1.165, 1.54) is 13.1 Å². The predicted octanol–water partition coefficient (Wildman–Crippen LogP) is -0.0454. The molecule has 64 valence electrons. The molecule has 0 atom stereocenters. The molecule has 0 aliphatic carbocycles. The second kappa shape index (κ2) is 12.3. The van der Waals surface area contributed by atoms with Crippen LogP contribution in [-0.4, -0.2) is 36.3 Å². The van der Waals surface area contributed by atoms with Crippen molar-refractivity contribution in [1.29, 1.82) is 0 Å². The SMILES string of the molecule is CC[NH+](C)CC.OCCI. The highest BCUT2D eigenvalue weighted by Gasteiger charge is 1.85. The molecule has 2 N–H and O–H groups in total. The fourth-order valence-corrected chi connectivity index (χ4v) is 0.250. The molecule has 0 aliphatic rings. The molecular weight excluding hydrogens is 241 g/mol. The summed E-state index contributed by atoms with van der Waals surface area (Å²) >= 11 is 2.10. The minimum Gasteiger partial charge on any atom is -0.396 e. The first-order valence-electron chi connectivity index (χ1n) is 3.70. The molecule has 3 heteroatoms. The average molecular weight is 260 g/mol. The smallest absolute Gasteiger partial charge is 0.0740 e. The molecule has 0 spiro atoms. The van der Waals surface area contributed by atoms with Crippen molar-refractivity contribution in [3.05, 3.63) is 0 Å². The fraction of sp³-hybridized carbons (Fsp3) is 1.00. The van der Waals surface area contributed by atoms with Crippen molar-refractivity contribution in [2.45, 2.75) is 13.8 Å². The number of halogens is 1. The maximum Gasteiger partial charge on any atom is 0.0740 e. The summed E-state index contributed by atoms with van der Waals surface area (Å²) in [6.07, 6.45) is 0. The molecule has 0 saturated heterocycles. The van der Waals surface area contributed by atoms with E-state index in [-0.39, 0.29) is 0 Å². The molecule has 0 radical (unpaired) electrons. The lowest BCUT2D eigenvalue weighted by atomic mass is 10.6. The van der Waals surface area contributed by atoms with E-state index in [1.54, 1.807) is 4.90 Å². The van der Waals surface area contributed by atoms with Crippen LogP contribution in [0.4, 0.5) is 0 Å². The van der Waals surface area contributed by atoms with Crippen LogP contribution in [0.25, 0.3) is 0 Å². The molecule has 0 unspecified atom stereocenters. The summed E-state index contributed by atoms with van der Waals surface area (Å²) in [6, 6.07) is 0. The number of hydrogen-bond acceptors (Lipinski definition) is 1. The van der Waals surface area contributed by atoms with Crippen LogP contribution in [0.5, 0.6) is 0 Å². The Morgan fingerprint density at radius 1 is 1.30 bits per heavy atom. The first kappa shape index (κ1) is 13.3. The van der Waals surface area contributed by atoms with Gasteiger partial charge in [-0.05, 0) is 13.8 Å². The van der Waals surface area contributed by atoms with Gasteiger partial charge in [0, 0.05) is 4.43 Å². The van der Waals surface area contributed by atoms with E-state index in [1.807, 2.05) is 0 Å². The first-order valence-corrected chi connectivity index (χ1v) is 5.23. The van der Waals surface area contributed by atoms with Gasteiger partial charge in [-0.2, -0.15) is 0 Å². The molecule has 0 amide bonds. The summed E-state index contributed by atoms with van der Waals surface area (Å²) in [5.74, 6) is 0. The maximum absolute atomic E-state index is 7.87. The lowest BCUT2D eigenvalue weighted by Crippen LogP contribution is -3.08. The summed E-state index contributed by atoms with van der Waals surface area (Å²) in [5, 5.41) is 7.87. The molecule has 10 heavy (non-hydrogen) atoms. The van der Waals surface area contributed by atoms with Crippen molar-refractivity contribution in [2.75, 3.05) is 31.2 Å². The molecular formula is C7H19INO+. The van der Waals surface area contributed by atoms with Gasteiger partial charge in [-0.25, -0.2) is 0 Å². The number of quaternary nitrogens is 1. The van der Waals surface area contributed by atoms with Crippen LogP contribution < -0.4 is 4.90 Å². The quantitative estimate of drug-likeness (QED) is 0.540. The molecule has 0 aromatic rings. The van der Waals surface area contributed by atoms with Crippen LogP contribution in [0.15, 0.2) is 0 Å². The third-order valence-corrected chi connectivity index (χ3v) is 1.77. The standard InChI is InChI=1S/C5H13N.C2H5IO/c1-4-6(3)5-2;3-1-2-4/h4-5H2,1-3H3;4H,1-2H2/p+1. The van der Waals surface area contributed by atoms with E-state index in [0.717, 1.165) is 4.43 Å². The highest BCUT2D eigenvalue weighted by molar-refractivity contribution is 14.1. The van der Waals surface area contributed by atoms with Crippen LogP contribution in [0.3, 0.4) is 0 Å². The minimum atomic E-state index is 0.306. The van der Waals surface area contributed by atoms with Gasteiger partial charge in [0.05, 0.1) is 26.7 Å². The maximum atomic E-state index is 7.87. The average Bonchev–Trinajstić information content (AvgIpc) is 2.03. The lowest BCUT2D eigenvalue weighted by Gasteiger charge is -2.04. The third-order valence-electron chi connectivity index (χ3n) is 1.29. The first-order chi connectivity index (χ1) is 4.72. The van der Waals surface area contributed by atoms with E-state index in [9.17, 15) is 0 Å². The summed E-state index contributed by atoms with van der Waals surface area (Å²) in [6.45, 7) is 7.19. The second-order valence-electron chi connectivity index (χ2n) is 2.08. The van der Waals surface area contributed by atoms with E-state index >= 15 is 0 Å². The highest BCUT2D eigenvalue weighted by Crippen LogP contribution is 1.71. The predicted molar refractivity (Wildman–Crippen MR) is 53.9 cm³/mol. The molecule has 0 fully saturated rings. The van der Waals surface area contributed by atoms with Gasteiger partial charge in [0.15, 0.2) is 0 Å². The lowest BCUT2D eigenvalue weighted by molar-refractivity contribution is -0.875. The van der Waals surface area contributed by atoms with E-state index in [0.29, 0.717) is 6.61 Å². The Labute approximate surface area is 77.8 Å². The van der Waals surface area contributed by atoms with Gasteiger partial charge < -0.3 is 10.0 Å². The van der Waals surface area contributed by atoms with Crippen LogP contribution in [0.1, 0.15) is 13.8 Å². The minimum absolute atomic E-state index is 0.306. The number of alkyl halides is 1. The molecule has 0 rings (SSSR count). The van der Waals surface area contributed by atoms with Crippen molar-refractivity contribution in [1.82, 2.24) is 0 Å². The number of hydrogen-bond donors (Lipinski definition) is 2. The molecule has 0 aliphatic heterocycles. The zero-order chi connectivity index (χ0) is 8.41. The number of aliphatic hydroxyl groups is 1. The van der Waals surface area contributed by atoms with Crippen molar-refractivity contribution >= 4 is 22.6 Å². The molecule has 0 bridgehead atoms. The molecule has 0 aromatic heterocycles. The van der Waals surface area contributed by atoms with Gasteiger partial charge in [0.25, 0.3) is 0 Å². The van der Waals surface area contributed by atoms with Gasteiger partial charge in [0.1, 0.15) is 0 Å². The van der Waals surface area contributed by atoms with E-state index in [2.05, 4.69) is 43.5 Å². The Balaban J connectivity index is 0. The Hall–Kier alpha value is 0.650. The number of rotatable bonds is 3. The van der Waals surface area contributed by atoms with Crippen molar-refractivity contribution in [3.8, 4) is 0 Å². The largest absolute Gasteiger partial charge is 0.396 e. The van der Waals surface area contributed by atoms with E-state index in [4.69, 9.17) is 5.11 Å². The summed E-state index contributed by atoms with van der Waals surface area (Å²) in [5.41, 5.74) is 0. The van der Waals surface area contributed by atoms with Crippen molar-refractivity contribution in [2.24, 2.45) is 0 Å². The summed E-state index contributed by atoms with van der Waals surface area (Å²) in [7, 11) is 2.19. The topological polar surface area (TPSA) is 24.7 Å². The molecule has 2 nitrogen and oxygen atoms in total. The third kappa shape index (κ3) is 15.9. The second-order valence-corrected chi connectivity index (χ2v) is 3.16. The van der Waals surface area contributed by atoms with Crippen LogP contribution in [-0.2, 0) is 0 Å². The molecule has 0 heterocycles. The highest BCUT2D eigenvalue weighted by atomic mass is 127. The van der Waals surface area contributed by atoms with E-state index < -0.39 is 0 Å². The molecule has 0 saturated carbocycles. The zero-order valence-corrected chi connectivity index (χ0v) is 9.31. The van der Waals surface area contributed by atoms with Gasteiger partial charge in [-0.1, -0.05) is 22.6 Å². The van der Waals surface area contributed by atoms with Gasteiger partial charge in [0.2, 0.25) is 0 Å². The van der Waals surface area contributed by atoms with Crippen LogP contribution >= 0.6 is 22.6 Å². The Kier molecular flexibility index (Phi) is 16.4. The Morgan fingerprint density at radius 2 is 1.60 bits per heavy atom. The zero-order valence-electron chi connectivity index (χ0n) is 7.15. The normalized spacial score (nSPS) is 9.00. The Bertz CT molecular complexity index is 46.9. The van der Waals surface area contributed by atoms with Crippen molar-refractivity contribution < 1.29 is 10.0 Å². The summed E-state index contributed by atoms with van der Waals surface area (Å²) < 4.78 is 0.845. The van der Waals surface area contributed by atoms with Gasteiger partial charge in [-0.15, -0.1) is 0 Å². The number of aliphatic hydroxyl groups excluding tert-OH is 1. The Morgan fingerprint density at radius 3 is 1.60 bits per heavy atom. The summed E-state index contributed by atoms with van der Waals surface area (Å²) in [4.78, 5) is 1.59. The monoisotopic (exact) mass is 260 g/mol. The number of nitrogens with one attached hydrogen (secondary N) is 1. The van der Waals surface area contributed by atoms with Crippen molar-refractivity contribution in [3.63, 3.8) is 0 Å². The van der Waals surface area contributed by atoms with Crippen LogP contribution in [0.2, 0.25) is 0 Å². The molecule has 0 aromatic carbocycles. The van der Waals surface area contributed by atoms with Gasteiger partial charge in [-0.3, -0.25) is 0 Å². The fourth-order valence-electron chi connectivity index (χ4n) is 0.250.